The van der Waals surface area contributed by atoms with Gasteiger partial charge in [0.1, 0.15) is 6.61 Å². The van der Waals surface area contributed by atoms with E-state index >= 15 is 0 Å². The van der Waals surface area contributed by atoms with Crippen LogP contribution in [-0.2, 0) is 4.74 Å². The second-order valence-corrected chi connectivity index (χ2v) is 3.80. The van der Waals surface area contributed by atoms with Gasteiger partial charge in [-0.05, 0) is 23.3 Å². The molecule has 92 valence electrons. The largest absolute Gasteiger partial charge is 0.460 e. The molecule has 0 fully saturated rings. The minimum atomic E-state index is -0.413. The van der Waals surface area contributed by atoms with Gasteiger partial charge < -0.3 is 9.84 Å². The summed E-state index contributed by atoms with van der Waals surface area (Å²) in [6.07, 6.45) is 0. The van der Waals surface area contributed by atoms with E-state index in [1.807, 2.05) is 42.5 Å². The molecule has 0 aromatic heterocycles. The molecule has 3 nitrogen and oxygen atoms in total. The van der Waals surface area contributed by atoms with Crippen LogP contribution in [0.2, 0.25) is 0 Å². The number of esters is 1. The Morgan fingerprint density at radius 1 is 0.944 bits per heavy atom. The third-order valence-corrected chi connectivity index (χ3v) is 2.55. The van der Waals surface area contributed by atoms with Gasteiger partial charge in [-0.3, -0.25) is 0 Å². The van der Waals surface area contributed by atoms with E-state index in [9.17, 15) is 4.79 Å². The highest BCUT2D eigenvalue weighted by atomic mass is 16.5. The Hall–Kier alpha value is -2.13. The lowest BCUT2D eigenvalue weighted by Gasteiger charge is -2.04. The van der Waals surface area contributed by atoms with Crippen LogP contribution in [0, 0.1) is 0 Å². The van der Waals surface area contributed by atoms with Gasteiger partial charge in [0.05, 0.1) is 12.2 Å². The zero-order valence-corrected chi connectivity index (χ0v) is 9.87. The van der Waals surface area contributed by atoms with Gasteiger partial charge in [0.25, 0.3) is 0 Å². The molecule has 0 unspecified atom stereocenters. The third-order valence-electron chi connectivity index (χ3n) is 2.55. The van der Waals surface area contributed by atoms with Crippen LogP contribution >= 0.6 is 0 Å². The molecular weight excluding hydrogens is 228 g/mol. The molecule has 0 saturated carbocycles. The minimum Gasteiger partial charge on any atom is -0.460 e. The molecular formula is C15H14O3. The van der Waals surface area contributed by atoms with Crippen molar-refractivity contribution in [2.75, 3.05) is 13.2 Å². The summed E-state index contributed by atoms with van der Waals surface area (Å²) in [5, 5.41) is 8.58. The van der Waals surface area contributed by atoms with Crippen molar-refractivity contribution in [2.45, 2.75) is 0 Å². The number of carbonyl (C=O) groups excluding carboxylic acids is 1. The lowest BCUT2D eigenvalue weighted by atomic mass is 10.0. The number of aliphatic hydroxyl groups excluding tert-OH is 1. The smallest absolute Gasteiger partial charge is 0.338 e. The average Bonchev–Trinajstić information content (AvgIpc) is 2.46. The monoisotopic (exact) mass is 242 g/mol. The van der Waals surface area contributed by atoms with Gasteiger partial charge in [0.2, 0.25) is 0 Å². The molecule has 2 aromatic carbocycles. The van der Waals surface area contributed by atoms with Crippen LogP contribution in [-0.4, -0.2) is 24.3 Å². The Kier molecular flexibility index (Phi) is 4.10. The fourth-order valence-corrected chi connectivity index (χ4v) is 1.65. The van der Waals surface area contributed by atoms with Crippen molar-refractivity contribution in [3.05, 3.63) is 60.2 Å². The molecule has 1 N–H and O–H groups in total. The quantitative estimate of drug-likeness (QED) is 0.838. The molecule has 3 heteroatoms. The number of hydrogen-bond acceptors (Lipinski definition) is 3. The Balaban J connectivity index is 2.13. The van der Waals surface area contributed by atoms with Crippen LogP contribution < -0.4 is 0 Å². The van der Waals surface area contributed by atoms with Crippen LogP contribution in [0.15, 0.2) is 54.6 Å². The van der Waals surface area contributed by atoms with E-state index < -0.39 is 5.97 Å². The number of benzene rings is 2. The van der Waals surface area contributed by atoms with E-state index in [0.29, 0.717) is 5.56 Å². The molecule has 0 aliphatic rings. The average molecular weight is 242 g/mol. The maximum Gasteiger partial charge on any atom is 0.338 e. The first-order valence-electron chi connectivity index (χ1n) is 5.75. The van der Waals surface area contributed by atoms with Crippen molar-refractivity contribution in [3.8, 4) is 11.1 Å². The first-order valence-corrected chi connectivity index (χ1v) is 5.75. The van der Waals surface area contributed by atoms with Gasteiger partial charge in [0.15, 0.2) is 0 Å². The normalized spacial score (nSPS) is 10.1. The lowest BCUT2D eigenvalue weighted by Crippen LogP contribution is -2.08. The Morgan fingerprint density at radius 2 is 1.56 bits per heavy atom. The predicted octanol–water partition coefficient (Wildman–Crippen LogP) is 2.50. The number of ether oxygens (including phenoxy) is 1. The molecule has 18 heavy (non-hydrogen) atoms. The number of aliphatic hydroxyl groups is 1. The molecule has 0 amide bonds. The number of carbonyl (C=O) groups is 1. The van der Waals surface area contributed by atoms with Crippen LogP contribution in [0.5, 0.6) is 0 Å². The molecule has 0 heterocycles. The van der Waals surface area contributed by atoms with Crippen molar-refractivity contribution >= 4 is 5.97 Å². The lowest BCUT2D eigenvalue weighted by molar-refractivity contribution is 0.0434. The summed E-state index contributed by atoms with van der Waals surface area (Å²) >= 11 is 0. The molecule has 2 rings (SSSR count). The fourth-order valence-electron chi connectivity index (χ4n) is 1.65. The summed E-state index contributed by atoms with van der Waals surface area (Å²) in [5.41, 5.74) is 2.64. The first-order chi connectivity index (χ1) is 8.81. The van der Waals surface area contributed by atoms with Gasteiger partial charge in [-0.1, -0.05) is 42.5 Å². The summed E-state index contributed by atoms with van der Waals surface area (Å²) in [6, 6.07) is 17.1. The standard InChI is InChI=1S/C15H14O3/c16-10-11-18-15(17)14-8-6-13(7-9-14)12-4-2-1-3-5-12/h1-9,16H,10-11H2. The van der Waals surface area contributed by atoms with Gasteiger partial charge in [-0.25, -0.2) is 4.79 Å². The summed E-state index contributed by atoms with van der Waals surface area (Å²) in [6.45, 7) is -0.132. The number of rotatable bonds is 4. The van der Waals surface area contributed by atoms with E-state index in [2.05, 4.69) is 0 Å². The first kappa shape index (κ1) is 12.3. The zero-order valence-electron chi connectivity index (χ0n) is 9.87. The van der Waals surface area contributed by atoms with Crippen molar-refractivity contribution in [1.82, 2.24) is 0 Å². The Labute approximate surface area is 106 Å². The summed E-state index contributed by atoms with van der Waals surface area (Å²) in [7, 11) is 0. The van der Waals surface area contributed by atoms with E-state index in [1.165, 1.54) is 0 Å². The van der Waals surface area contributed by atoms with Crippen molar-refractivity contribution in [3.63, 3.8) is 0 Å². The highest BCUT2D eigenvalue weighted by molar-refractivity contribution is 5.90. The second kappa shape index (κ2) is 5.98. The van der Waals surface area contributed by atoms with Crippen molar-refractivity contribution in [2.24, 2.45) is 0 Å². The zero-order chi connectivity index (χ0) is 12.8. The van der Waals surface area contributed by atoms with E-state index in [0.717, 1.165) is 11.1 Å². The van der Waals surface area contributed by atoms with Gasteiger partial charge in [-0.15, -0.1) is 0 Å². The minimum absolute atomic E-state index is 0.0271. The third kappa shape index (κ3) is 2.96. The maximum absolute atomic E-state index is 11.5. The van der Waals surface area contributed by atoms with Crippen LogP contribution in [0.1, 0.15) is 10.4 Å². The summed E-state index contributed by atoms with van der Waals surface area (Å²) < 4.78 is 4.83. The Morgan fingerprint density at radius 3 is 2.17 bits per heavy atom. The SMILES string of the molecule is O=C(OCCO)c1ccc(-c2ccccc2)cc1. The molecule has 0 saturated heterocycles. The van der Waals surface area contributed by atoms with Gasteiger partial charge >= 0.3 is 5.97 Å². The molecule has 0 atom stereocenters. The molecule has 0 bridgehead atoms. The summed E-state index contributed by atoms with van der Waals surface area (Å²) in [4.78, 5) is 11.5. The van der Waals surface area contributed by atoms with Crippen molar-refractivity contribution in [1.29, 1.82) is 0 Å². The van der Waals surface area contributed by atoms with Crippen LogP contribution in [0.4, 0.5) is 0 Å². The molecule has 2 aromatic rings. The predicted molar refractivity (Wildman–Crippen MR) is 69.2 cm³/mol. The van der Waals surface area contributed by atoms with E-state index in [4.69, 9.17) is 9.84 Å². The number of hydrogen-bond donors (Lipinski definition) is 1. The van der Waals surface area contributed by atoms with Gasteiger partial charge in [0, 0.05) is 0 Å². The maximum atomic E-state index is 11.5. The molecule has 0 aliphatic carbocycles. The highest BCUT2D eigenvalue weighted by Crippen LogP contribution is 2.19. The van der Waals surface area contributed by atoms with Crippen LogP contribution in [0.25, 0.3) is 11.1 Å². The summed E-state index contributed by atoms with van der Waals surface area (Å²) in [5.74, 6) is -0.413. The molecule has 0 aliphatic heterocycles. The topological polar surface area (TPSA) is 46.5 Å². The van der Waals surface area contributed by atoms with Crippen LogP contribution in [0.3, 0.4) is 0 Å². The fraction of sp³-hybridized carbons (Fsp3) is 0.133. The molecule has 0 radical (unpaired) electrons. The van der Waals surface area contributed by atoms with E-state index in [1.54, 1.807) is 12.1 Å². The van der Waals surface area contributed by atoms with E-state index in [-0.39, 0.29) is 13.2 Å². The Bertz CT molecular complexity index is 503. The van der Waals surface area contributed by atoms with Gasteiger partial charge in [-0.2, -0.15) is 0 Å². The second-order valence-electron chi connectivity index (χ2n) is 3.80. The van der Waals surface area contributed by atoms with Crippen molar-refractivity contribution < 1.29 is 14.6 Å². The molecule has 0 spiro atoms. The highest BCUT2D eigenvalue weighted by Gasteiger charge is 2.06.